The van der Waals surface area contributed by atoms with Gasteiger partial charge in [-0.25, -0.2) is 0 Å². The molecule has 330 valence electrons. The van der Waals surface area contributed by atoms with Gasteiger partial charge in [-0.2, -0.15) is 0 Å². The maximum atomic E-state index is 7.14. The van der Waals surface area contributed by atoms with Gasteiger partial charge >= 0.3 is 0 Å². The Kier molecular flexibility index (Phi) is 8.89. The quantitative estimate of drug-likeness (QED) is 0.160. The first kappa shape index (κ1) is 42.6. The second-order valence-corrected chi connectivity index (χ2v) is 26.4. The summed E-state index contributed by atoms with van der Waals surface area (Å²) in [5.41, 5.74) is 24.1. The van der Waals surface area contributed by atoms with Gasteiger partial charge in [-0.05, 0) is 201 Å². The van der Waals surface area contributed by atoms with Crippen molar-refractivity contribution >= 4 is 89.6 Å². The molecule has 5 heteroatoms. The number of aryl methyl sites for hydroxylation is 3. The highest BCUT2D eigenvalue weighted by atomic mass is 35.5. The maximum Gasteiger partial charge on any atom is 0.264 e. The van der Waals surface area contributed by atoms with E-state index in [0.29, 0.717) is 0 Å². The Balaban J connectivity index is 1.26. The van der Waals surface area contributed by atoms with Gasteiger partial charge in [-0.3, -0.25) is 0 Å². The number of anilines is 6. The van der Waals surface area contributed by atoms with E-state index in [2.05, 4.69) is 180 Å². The van der Waals surface area contributed by atoms with Crippen molar-refractivity contribution in [2.24, 2.45) is 0 Å². The number of rotatable bonds is 2. The van der Waals surface area contributed by atoms with Gasteiger partial charge in [0, 0.05) is 48.3 Å². The molecule has 2 aliphatic heterocycles. The van der Waals surface area contributed by atoms with Crippen LogP contribution in [-0.2, 0) is 32.5 Å². The third-order valence-electron chi connectivity index (χ3n) is 17.6. The molecule has 0 saturated carbocycles. The Morgan fingerprint density at radius 2 is 0.891 bits per heavy atom. The van der Waals surface area contributed by atoms with Crippen LogP contribution in [0.3, 0.4) is 0 Å². The average molecular weight is 884 g/mol. The predicted molar refractivity (Wildman–Crippen MR) is 281 cm³/mol. The van der Waals surface area contributed by atoms with Crippen LogP contribution in [0.1, 0.15) is 172 Å². The number of nitrogens with zero attached hydrogens (tertiary/aromatic N) is 2. The molecule has 0 saturated heterocycles. The van der Waals surface area contributed by atoms with Crippen LogP contribution in [-0.4, -0.2) is 6.71 Å². The van der Waals surface area contributed by atoms with Crippen LogP contribution in [0.2, 0.25) is 5.02 Å². The molecule has 5 aliphatic rings. The number of halogens is 1. The Bertz CT molecular complexity index is 3030. The van der Waals surface area contributed by atoms with Crippen LogP contribution in [0.5, 0.6) is 0 Å². The van der Waals surface area contributed by atoms with Gasteiger partial charge in [0.15, 0.2) is 0 Å². The Morgan fingerprint density at radius 3 is 1.39 bits per heavy atom. The topological polar surface area (TPSA) is 6.48 Å². The Hall–Kier alpha value is -3.99. The number of hydrogen-bond acceptors (Lipinski definition) is 3. The number of fused-ring (bicyclic) bond motifs is 9. The van der Waals surface area contributed by atoms with Gasteiger partial charge < -0.3 is 9.80 Å². The van der Waals surface area contributed by atoms with E-state index in [-0.39, 0.29) is 39.2 Å². The van der Waals surface area contributed by atoms with Gasteiger partial charge in [0.2, 0.25) is 0 Å². The molecule has 6 aromatic rings. The van der Waals surface area contributed by atoms with Crippen molar-refractivity contribution in [3.8, 4) is 0 Å². The summed E-state index contributed by atoms with van der Waals surface area (Å²) < 4.78 is 2.84. The van der Waals surface area contributed by atoms with Gasteiger partial charge in [-0.15, -0.1) is 11.3 Å². The van der Waals surface area contributed by atoms with Crippen molar-refractivity contribution < 1.29 is 0 Å². The molecule has 0 bridgehead atoms. The first-order valence-electron chi connectivity index (χ1n) is 24.3. The number of thiophene rings is 1. The predicted octanol–water partition coefficient (Wildman–Crippen LogP) is 15.6. The lowest BCUT2D eigenvalue weighted by atomic mass is 9.36. The van der Waals surface area contributed by atoms with Crippen LogP contribution in [0.4, 0.5) is 34.1 Å². The lowest BCUT2D eigenvalue weighted by Crippen LogP contribution is -2.60. The second-order valence-electron chi connectivity index (χ2n) is 24.9. The summed E-state index contributed by atoms with van der Waals surface area (Å²) >= 11 is 9.18. The van der Waals surface area contributed by atoms with Crippen LogP contribution >= 0.6 is 22.9 Å². The molecule has 11 rings (SSSR count). The summed E-state index contributed by atoms with van der Waals surface area (Å²) in [4.78, 5) is 5.37. The minimum Gasteiger partial charge on any atom is -0.311 e. The van der Waals surface area contributed by atoms with E-state index in [0.717, 1.165) is 5.02 Å². The van der Waals surface area contributed by atoms with E-state index in [1.807, 2.05) is 11.3 Å². The molecule has 1 aromatic heterocycles. The Morgan fingerprint density at radius 1 is 0.469 bits per heavy atom. The highest BCUT2D eigenvalue weighted by molar-refractivity contribution is 7.33. The summed E-state index contributed by atoms with van der Waals surface area (Å²) in [6, 6.07) is 27.3. The van der Waals surface area contributed by atoms with Crippen LogP contribution in [0.15, 0.2) is 66.7 Å². The van der Waals surface area contributed by atoms with Gasteiger partial charge in [0.1, 0.15) is 0 Å². The molecule has 0 amide bonds. The maximum absolute atomic E-state index is 7.14. The fourth-order valence-electron chi connectivity index (χ4n) is 13.1. The minimum absolute atomic E-state index is 0.0532. The van der Waals surface area contributed by atoms with E-state index in [1.165, 1.54) is 149 Å². The molecule has 3 aliphatic carbocycles. The molecule has 0 fully saturated rings. The van der Waals surface area contributed by atoms with E-state index in [1.54, 1.807) is 0 Å². The summed E-state index contributed by atoms with van der Waals surface area (Å²) in [6.07, 6.45) is 7.16. The highest BCUT2D eigenvalue weighted by Gasteiger charge is 2.48. The molecule has 2 nitrogen and oxygen atoms in total. The number of benzene rings is 5. The van der Waals surface area contributed by atoms with Crippen molar-refractivity contribution in [1.29, 1.82) is 0 Å². The monoisotopic (exact) mass is 882 g/mol. The summed E-state index contributed by atoms with van der Waals surface area (Å²) in [7, 11) is 0. The van der Waals surface area contributed by atoms with Crippen molar-refractivity contribution in [3.63, 3.8) is 0 Å². The third kappa shape index (κ3) is 5.95. The molecule has 0 atom stereocenters. The fourth-order valence-corrected chi connectivity index (χ4v) is 14.6. The normalized spacial score (nSPS) is 21.1. The van der Waals surface area contributed by atoms with Gasteiger partial charge in [0.25, 0.3) is 6.71 Å². The zero-order valence-corrected chi connectivity index (χ0v) is 42.9. The third-order valence-corrected chi connectivity index (χ3v) is 19.0. The Labute approximate surface area is 393 Å². The van der Waals surface area contributed by atoms with Gasteiger partial charge in [-0.1, -0.05) is 113 Å². The minimum atomic E-state index is 0.0532. The molecule has 0 N–H and O–H groups in total. The highest BCUT2D eigenvalue weighted by Crippen LogP contribution is 2.56. The van der Waals surface area contributed by atoms with E-state index in [9.17, 15) is 0 Å². The molecule has 0 spiro atoms. The zero-order chi connectivity index (χ0) is 45.6. The van der Waals surface area contributed by atoms with Gasteiger partial charge in [0.05, 0.1) is 5.69 Å². The van der Waals surface area contributed by atoms with E-state index in [4.69, 9.17) is 11.6 Å². The average Bonchev–Trinajstić information content (AvgIpc) is 3.58. The van der Waals surface area contributed by atoms with E-state index >= 15 is 0 Å². The van der Waals surface area contributed by atoms with Crippen LogP contribution in [0, 0.1) is 20.8 Å². The molecule has 3 heterocycles. The molecule has 0 unspecified atom stereocenters. The molecule has 0 radical (unpaired) electrons. The van der Waals surface area contributed by atoms with Crippen molar-refractivity contribution in [2.75, 3.05) is 9.80 Å². The summed E-state index contributed by atoms with van der Waals surface area (Å²) in [5, 5.41) is 2.17. The SMILES string of the molecule is Cc1cc2c3c(c1)N(c1cc4c(cc1C)C(C)(C)CCC4(C)C)c1c(sc4cc5c(cc14)C(C)(C)CCC5(C)C)B3c1ccc(Cl)cc1N2c1cc2c(cc1C)C(C)(C)CCC2(C)C. The first-order valence-corrected chi connectivity index (χ1v) is 25.5. The smallest absolute Gasteiger partial charge is 0.264 e. The van der Waals surface area contributed by atoms with Crippen molar-refractivity contribution in [3.05, 3.63) is 122 Å². The molecular weight excluding hydrogens is 815 g/mol. The lowest BCUT2D eigenvalue weighted by molar-refractivity contribution is 0.332. The second kappa shape index (κ2) is 13.3. The summed E-state index contributed by atoms with van der Waals surface area (Å²) in [5.74, 6) is 0. The summed E-state index contributed by atoms with van der Waals surface area (Å²) in [6.45, 7) is 36.7. The first-order chi connectivity index (χ1) is 29.8. The van der Waals surface area contributed by atoms with E-state index < -0.39 is 0 Å². The fraction of sp³-hybridized carbons (Fsp3) is 0.458. The standard InChI is InChI=1S/C59H68BClN2S/c1-33-24-48-51-49(25-33)63(46-31-42-39(27-35(46)3)55(6,7)19-22-58(42,12)13)52-37-29-40-43(59(14,15)23-20-56(40,8)9)32-50(37)64-53(52)60(51)44-17-16-36(61)28-47(44)62(48)45-30-41-38(26-34(45)2)54(4,5)18-21-57(41,10)11/h16-17,24-32H,18-23H2,1-15H3. The zero-order valence-electron chi connectivity index (χ0n) is 41.4. The van der Waals surface area contributed by atoms with Crippen molar-refractivity contribution in [1.82, 2.24) is 0 Å². The largest absolute Gasteiger partial charge is 0.311 e. The molecule has 64 heavy (non-hydrogen) atoms. The van der Waals surface area contributed by atoms with Crippen molar-refractivity contribution in [2.45, 2.75) is 175 Å². The lowest BCUT2D eigenvalue weighted by Gasteiger charge is -2.46. The van der Waals surface area contributed by atoms with Crippen LogP contribution in [0.25, 0.3) is 10.1 Å². The number of hydrogen-bond donors (Lipinski definition) is 0. The van der Waals surface area contributed by atoms with Crippen LogP contribution < -0.4 is 25.5 Å². The molecule has 5 aromatic carbocycles. The molecular formula is C59H68BClN2S.